The van der Waals surface area contributed by atoms with Gasteiger partial charge in [0.15, 0.2) is 0 Å². The topological polar surface area (TPSA) is 96.0 Å². The molecule has 0 saturated carbocycles. The number of rotatable bonds is 14. The highest BCUT2D eigenvalue weighted by molar-refractivity contribution is 7.92. The SMILES string of the molecule is CCC(C)NC(=O)C(Cc1ccccc1)N(Cc1ccc(C)cc1)C(=O)CN(c1ccc(OC)cc1)S(=O)(=O)c1ccccc1. The summed E-state index contributed by atoms with van der Waals surface area (Å²) in [4.78, 5) is 30.0. The third kappa shape index (κ3) is 8.73. The summed E-state index contributed by atoms with van der Waals surface area (Å²) in [6.07, 6.45) is 0.977. The molecule has 0 radical (unpaired) electrons. The summed E-state index contributed by atoms with van der Waals surface area (Å²) in [6, 6.07) is 30.8. The average molecular weight is 628 g/mol. The fourth-order valence-corrected chi connectivity index (χ4v) is 6.32. The second-order valence-electron chi connectivity index (χ2n) is 11.1. The van der Waals surface area contributed by atoms with Gasteiger partial charge in [0.25, 0.3) is 10.0 Å². The highest BCUT2D eigenvalue weighted by Crippen LogP contribution is 2.27. The first-order valence-electron chi connectivity index (χ1n) is 15.0. The van der Waals surface area contributed by atoms with Gasteiger partial charge in [0.05, 0.1) is 17.7 Å². The van der Waals surface area contributed by atoms with Crippen LogP contribution in [0.1, 0.15) is 37.0 Å². The standard InChI is InChI=1S/C36H41N3O5S/c1-5-28(3)37-36(41)34(24-29-12-8-6-9-13-29)38(25-30-18-16-27(2)17-19-30)35(40)26-39(31-20-22-32(44-4)23-21-31)45(42,43)33-14-10-7-11-15-33/h6-23,28,34H,5,24-26H2,1-4H3,(H,37,41). The Morgan fingerprint density at radius 3 is 2.00 bits per heavy atom. The van der Waals surface area contributed by atoms with Crippen LogP contribution in [0, 0.1) is 6.92 Å². The maximum absolute atomic E-state index is 14.5. The van der Waals surface area contributed by atoms with Crippen molar-refractivity contribution >= 4 is 27.5 Å². The van der Waals surface area contributed by atoms with Crippen LogP contribution < -0.4 is 14.4 Å². The Morgan fingerprint density at radius 1 is 0.822 bits per heavy atom. The molecule has 0 spiro atoms. The molecule has 0 aliphatic rings. The lowest BCUT2D eigenvalue weighted by molar-refractivity contribution is -0.140. The number of amides is 2. The molecular weight excluding hydrogens is 586 g/mol. The Labute approximate surface area is 266 Å². The molecule has 2 unspecified atom stereocenters. The molecule has 236 valence electrons. The lowest BCUT2D eigenvalue weighted by Crippen LogP contribution is -2.54. The summed E-state index contributed by atoms with van der Waals surface area (Å²) < 4.78 is 34.5. The minimum atomic E-state index is -4.16. The van der Waals surface area contributed by atoms with Crippen molar-refractivity contribution in [2.45, 2.75) is 57.1 Å². The molecule has 4 rings (SSSR count). The number of aryl methyl sites for hydroxylation is 1. The summed E-state index contributed by atoms with van der Waals surface area (Å²) in [5.74, 6) is -0.255. The van der Waals surface area contributed by atoms with Crippen LogP contribution in [0.2, 0.25) is 0 Å². The summed E-state index contributed by atoms with van der Waals surface area (Å²) in [5, 5.41) is 3.06. The van der Waals surface area contributed by atoms with Gasteiger partial charge in [-0.2, -0.15) is 0 Å². The minimum Gasteiger partial charge on any atom is -0.497 e. The molecule has 2 amide bonds. The van der Waals surface area contributed by atoms with Gasteiger partial charge in [0.2, 0.25) is 11.8 Å². The molecule has 0 heterocycles. The predicted octanol–water partition coefficient (Wildman–Crippen LogP) is 5.75. The van der Waals surface area contributed by atoms with Crippen molar-refractivity contribution in [1.82, 2.24) is 10.2 Å². The number of carbonyl (C=O) groups excluding carboxylic acids is 2. The number of hydrogen-bond acceptors (Lipinski definition) is 5. The summed E-state index contributed by atoms with van der Waals surface area (Å²) in [6.45, 7) is 5.48. The molecule has 0 saturated heterocycles. The van der Waals surface area contributed by atoms with Gasteiger partial charge in [0.1, 0.15) is 18.3 Å². The van der Waals surface area contributed by atoms with Crippen LogP contribution in [0.15, 0.2) is 114 Å². The Balaban J connectivity index is 1.79. The Hall–Kier alpha value is -4.63. The lowest BCUT2D eigenvalue weighted by atomic mass is 10.0. The summed E-state index contributed by atoms with van der Waals surface area (Å²) in [5.41, 5.74) is 3.07. The quantitative estimate of drug-likeness (QED) is 0.192. The van der Waals surface area contributed by atoms with Crippen LogP contribution >= 0.6 is 0 Å². The zero-order valence-corrected chi connectivity index (χ0v) is 27.0. The summed E-state index contributed by atoms with van der Waals surface area (Å²) >= 11 is 0. The van der Waals surface area contributed by atoms with Crippen molar-refractivity contribution in [2.75, 3.05) is 18.0 Å². The molecule has 8 nitrogen and oxygen atoms in total. The molecule has 0 aliphatic heterocycles. The fraction of sp³-hybridized carbons (Fsp3) is 0.278. The Kier molecular flexibility index (Phi) is 11.4. The van der Waals surface area contributed by atoms with E-state index in [0.717, 1.165) is 27.4 Å². The number of hydrogen-bond donors (Lipinski definition) is 1. The van der Waals surface area contributed by atoms with Gasteiger partial charge < -0.3 is 15.0 Å². The van der Waals surface area contributed by atoms with Crippen LogP contribution in [0.3, 0.4) is 0 Å². The number of nitrogens with zero attached hydrogens (tertiary/aromatic N) is 2. The number of sulfonamides is 1. The van der Waals surface area contributed by atoms with Gasteiger partial charge in [-0.05, 0) is 67.8 Å². The predicted molar refractivity (Wildman–Crippen MR) is 178 cm³/mol. The van der Waals surface area contributed by atoms with E-state index in [0.29, 0.717) is 11.4 Å². The number of ether oxygens (including phenoxy) is 1. The molecule has 9 heteroatoms. The fourth-order valence-electron chi connectivity index (χ4n) is 4.88. The highest BCUT2D eigenvalue weighted by atomic mass is 32.2. The van der Waals surface area contributed by atoms with Crippen molar-refractivity contribution in [3.63, 3.8) is 0 Å². The second kappa shape index (κ2) is 15.4. The molecule has 0 bridgehead atoms. The number of anilines is 1. The average Bonchev–Trinajstić information content (AvgIpc) is 3.06. The first-order valence-corrected chi connectivity index (χ1v) is 16.5. The first-order chi connectivity index (χ1) is 21.6. The van der Waals surface area contributed by atoms with Crippen molar-refractivity contribution in [3.8, 4) is 5.75 Å². The van der Waals surface area contributed by atoms with Crippen LogP contribution in [0.4, 0.5) is 5.69 Å². The van der Waals surface area contributed by atoms with Crippen molar-refractivity contribution < 1.29 is 22.7 Å². The van der Waals surface area contributed by atoms with E-state index in [4.69, 9.17) is 4.74 Å². The molecule has 4 aromatic carbocycles. The van der Waals surface area contributed by atoms with Crippen LogP contribution in [-0.2, 0) is 32.6 Å². The monoisotopic (exact) mass is 627 g/mol. The number of benzene rings is 4. The highest BCUT2D eigenvalue weighted by Gasteiger charge is 2.35. The van der Waals surface area contributed by atoms with Crippen molar-refractivity contribution in [3.05, 3.63) is 126 Å². The van der Waals surface area contributed by atoms with Gasteiger partial charge in [0, 0.05) is 19.0 Å². The molecule has 2 atom stereocenters. The van der Waals surface area contributed by atoms with Gasteiger partial charge in [-0.15, -0.1) is 0 Å². The zero-order valence-electron chi connectivity index (χ0n) is 26.2. The molecule has 0 aromatic heterocycles. The van der Waals surface area contributed by atoms with E-state index < -0.39 is 28.5 Å². The largest absolute Gasteiger partial charge is 0.497 e. The molecule has 45 heavy (non-hydrogen) atoms. The maximum Gasteiger partial charge on any atom is 0.264 e. The van der Waals surface area contributed by atoms with E-state index in [1.165, 1.54) is 24.1 Å². The maximum atomic E-state index is 14.5. The third-order valence-electron chi connectivity index (χ3n) is 7.72. The van der Waals surface area contributed by atoms with E-state index in [2.05, 4.69) is 5.32 Å². The Bertz CT molecular complexity index is 1640. The minimum absolute atomic E-state index is 0.0500. The van der Waals surface area contributed by atoms with Gasteiger partial charge in [-0.1, -0.05) is 85.3 Å². The second-order valence-corrected chi connectivity index (χ2v) is 12.9. The van der Waals surface area contributed by atoms with E-state index in [1.54, 1.807) is 42.5 Å². The normalized spacial score (nSPS) is 12.5. The summed E-state index contributed by atoms with van der Waals surface area (Å²) in [7, 11) is -2.64. The van der Waals surface area contributed by atoms with Crippen LogP contribution in [0.25, 0.3) is 0 Å². The van der Waals surface area contributed by atoms with Crippen LogP contribution in [0.5, 0.6) is 5.75 Å². The Morgan fingerprint density at radius 2 is 1.42 bits per heavy atom. The van der Waals surface area contributed by atoms with E-state index in [1.807, 2.05) is 75.4 Å². The zero-order chi connectivity index (χ0) is 32.4. The number of carbonyl (C=O) groups is 2. The van der Waals surface area contributed by atoms with Crippen molar-refractivity contribution in [2.24, 2.45) is 0 Å². The third-order valence-corrected chi connectivity index (χ3v) is 9.50. The van der Waals surface area contributed by atoms with Crippen molar-refractivity contribution in [1.29, 1.82) is 0 Å². The van der Waals surface area contributed by atoms with Gasteiger partial charge in [-0.25, -0.2) is 8.42 Å². The van der Waals surface area contributed by atoms with E-state index >= 15 is 0 Å². The lowest BCUT2D eigenvalue weighted by Gasteiger charge is -2.34. The van der Waals surface area contributed by atoms with Gasteiger partial charge in [-0.3, -0.25) is 13.9 Å². The number of methoxy groups -OCH3 is 1. The molecular formula is C36H41N3O5S. The molecule has 0 fully saturated rings. The number of nitrogens with one attached hydrogen (secondary N) is 1. The molecule has 0 aliphatic carbocycles. The van der Waals surface area contributed by atoms with Gasteiger partial charge >= 0.3 is 0 Å². The first kappa shape index (κ1) is 33.3. The molecule has 4 aromatic rings. The van der Waals surface area contributed by atoms with E-state index in [-0.39, 0.29) is 29.8 Å². The smallest absolute Gasteiger partial charge is 0.264 e. The molecule has 1 N–H and O–H groups in total. The van der Waals surface area contributed by atoms with E-state index in [9.17, 15) is 18.0 Å². The van der Waals surface area contributed by atoms with Crippen LogP contribution in [-0.4, -0.2) is 50.9 Å².